The molecule has 5 heteroatoms. The molecule has 4 nitrogen and oxygen atoms in total. The lowest BCUT2D eigenvalue weighted by molar-refractivity contribution is 0.307. The predicted molar refractivity (Wildman–Crippen MR) is 116 cm³/mol. The molecule has 1 N–H and O–H groups in total. The fourth-order valence-electron chi connectivity index (χ4n) is 3.48. The van der Waals surface area contributed by atoms with Gasteiger partial charge in [0.05, 0.1) is 5.52 Å². The highest BCUT2D eigenvalue weighted by molar-refractivity contribution is 6.34. The van der Waals surface area contributed by atoms with Gasteiger partial charge in [-0.3, -0.25) is 4.68 Å². The number of rotatable bonds is 6. The van der Waals surface area contributed by atoms with E-state index in [0.29, 0.717) is 11.8 Å². The Kier molecular flexibility index (Phi) is 5.25. The van der Waals surface area contributed by atoms with Gasteiger partial charge in [-0.25, -0.2) is 0 Å². The van der Waals surface area contributed by atoms with Crippen LogP contribution in [0.3, 0.4) is 0 Å². The van der Waals surface area contributed by atoms with Gasteiger partial charge in [0, 0.05) is 18.0 Å². The Labute approximate surface area is 170 Å². The molecule has 0 bridgehead atoms. The van der Waals surface area contributed by atoms with Gasteiger partial charge >= 0.3 is 0 Å². The van der Waals surface area contributed by atoms with Crippen molar-refractivity contribution in [1.29, 1.82) is 0 Å². The van der Waals surface area contributed by atoms with Crippen molar-refractivity contribution in [3.8, 4) is 5.75 Å². The molecule has 0 aliphatic carbocycles. The fraction of sp³-hybridized carbons (Fsp3) is 0.261. The summed E-state index contributed by atoms with van der Waals surface area (Å²) in [5, 5.41) is 11.5. The molecule has 0 unspecified atom stereocenters. The van der Waals surface area contributed by atoms with Gasteiger partial charge in [-0.15, -0.1) is 0 Å². The molecule has 3 aromatic carbocycles. The minimum absolute atomic E-state index is 0.267. The Hall–Kier alpha value is -2.56. The van der Waals surface area contributed by atoms with E-state index in [2.05, 4.69) is 72.8 Å². The highest BCUT2D eigenvalue weighted by Crippen LogP contribution is 2.27. The first kappa shape index (κ1) is 18.8. The Morgan fingerprint density at radius 1 is 1.00 bits per heavy atom. The minimum Gasteiger partial charge on any atom is -0.489 e. The summed E-state index contributed by atoms with van der Waals surface area (Å²) in [6, 6.07) is 19.2. The zero-order valence-corrected chi connectivity index (χ0v) is 17.1. The average Bonchev–Trinajstić information content (AvgIpc) is 3.03. The molecule has 0 saturated heterocycles. The molecule has 144 valence electrons. The predicted octanol–water partition coefficient (Wildman–Crippen LogP) is 5.72. The summed E-state index contributed by atoms with van der Waals surface area (Å²) >= 11 is 6.33. The van der Waals surface area contributed by atoms with Crippen molar-refractivity contribution in [2.45, 2.75) is 33.0 Å². The van der Waals surface area contributed by atoms with Crippen molar-refractivity contribution in [2.75, 3.05) is 7.05 Å². The molecule has 4 rings (SSSR count). The molecule has 0 amide bonds. The van der Waals surface area contributed by atoms with Gasteiger partial charge in [0.1, 0.15) is 12.4 Å². The number of ether oxygens (including phenoxy) is 1. The van der Waals surface area contributed by atoms with Crippen LogP contribution in [-0.2, 0) is 13.2 Å². The zero-order chi connectivity index (χ0) is 19.7. The monoisotopic (exact) mass is 393 g/mol. The molecule has 4 aromatic rings. The van der Waals surface area contributed by atoms with E-state index in [1.165, 1.54) is 16.3 Å². The number of nitrogens with one attached hydrogen (secondary N) is 1. The summed E-state index contributed by atoms with van der Waals surface area (Å²) in [7, 11) is 1.96. The van der Waals surface area contributed by atoms with Crippen molar-refractivity contribution in [3.63, 3.8) is 0 Å². The number of nitrogens with zero attached hydrogens (tertiary/aromatic N) is 2. The molecule has 0 atom stereocenters. The van der Waals surface area contributed by atoms with E-state index in [0.717, 1.165) is 28.8 Å². The highest BCUT2D eigenvalue weighted by atomic mass is 35.5. The van der Waals surface area contributed by atoms with E-state index in [4.69, 9.17) is 16.3 Å². The summed E-state index contributed by atoms with van der Waals surface area (Å²) in [5.74, 6) is 0.859. The van der Waals surface area contributed by atoms with Crippen LogP contribution in [0.4, 0.5) is 0 Å². The van der Waals surface area contributed by atoms with E-state index in [1.807, 2.05) is 17.8 Å². The smallest absolute Gasteiger partial charge is 0.158 e. The number of halogens is 1. The fourth-order valence-corrected chi connectivity index (χ4v) is 3.71. The summed E-state index contributed by atoms with van der Waals surface area (Å²) in [6.45, 7) is 5.55. The standard InChI is InChI=1S/C23H24ClN3O/c1-15(2)27-22-9-5-17(11-21(22)23(24)26-27)14-28-20-8-7-18-10-16(13-25-3)4-6-19(18)12-20/h4-12,15,25H,13-14H2,1-3H3. The molecular formula is C23H24ClN3O. The third-order valence-corrected chi connectivity index (χ3v) is 5.16. The first-order valence-corrected chi connectivity index (χ1v) is 9.89. The van der Waals surface area contributed by atoms with E-state index >= 15 is 0 Å². The van der Waals surface area contributed by atoms with Crippen LogP contribution in [0.5, 0.6) is 5.75 Å². The molecule has 0 aliphatic heterocycles. The van der Waals surface area contributed by atoms with Gasteiger partial charge < -0.3 is 10.1 Å². The molecule has 0 aliphatic rings. The Morgan fingerprint density at radius 2 is 1.75 bits per heavy atom. The van der Waals surface area contributed by atoms with Crippen molar-refractivity contribution < 1.29 is 4.74 Å². The van der Waals surface area contributed by atoms with Gasteiger partial charge in [0.25, 0.3) is 0 Å². The second-order valence-corrected chi connectivity index (χ2v) is 7.70. The number of benzene rings is 3. The third kappa shape index (κ3) is 3.71. The largest absolute Gasteiger partial charge is 0.489 e. The lowest BCUT2D eigenvalue weighted by Gasteiger charge is -2.10. The van der Waals surface area contributed by atoms with Crippen molar-refractivity contribution >= 4 is 33.3 Å². The van der Waals surface area contributed by atoms with Crippen molar-refractivity contribution in [1.82, 2.24) is 15.1 Å². The van der Waals surface area contributed by atoms with Crippen molar-refractivity contribution in [3.05, 3.63) is 70.9 Å². The van der Waals surface area contributed by atoms with Crippen LogP contribution in [0.2, 0.25) is 5.15 Å². The SMILES string of the molecule is CNCc1ccc2cc(OCc3ccc4c(c3)c(Cl)nn4C(C)C)ccc2c1. The molecule has 0 spiro atoms. The van der Waals surface area contributed by atoms with E-state index in [-0.39, 0.29) is 6.04 Å². The summed E-state index contributed by atoms with van der Waals surface area (Å²) < 4.78 is 7.99. The number of aromatic nitrogens is 2. The molecule has 0 radical (unpaired) electrons. The van der Waals surface area contributed by atoms with Gasteiger partial charge in [-0.05, 0) is 73.1 Å². The normalized spacial score (nSPS) is 11.6. The number of hydrogen-bond acceptors (Lipinski definition) is 3. The lowest BCUT2D eigenvalue weighted by Crippen LogP contribution is -2.04. The lowest BCUT2D eigenvalue weighted by atomic mass is 10.1. The van der Waals surface area contributed by atoms with Crippen LogP contribution in [0, 0.1) is 0 Å². The van der Waals surface area contributed by atoms with E-state index in [1.54, 1.807) is 0 Å². The topological polar surface area (TPSA) is 39.1 Å². The van der Waals surface area contributed by atoms with Crippen LogP contribution in [0.15, 0.2) is 54.6 Å². The summed E-state index contributed by atoms with van der Waals surface area (Å²) in [4.78, 5) is 0. The molecule has 0 saturated carbocycles. The van der Waals surface area contributed by atoms with Crippen LogP contribution in [0.25, 0.3) is 21.7 Å². The van der Waals surface area contributed by atoms with Crippen LogP contribution < -0.4 is 10.1 Å². The molecule has 28 heavy (non-hydrogen) atoms. The van der Waals surface area contributed by atoms with Crippen LogP contribution in [-0.4, -0.2) is 16.8 Å². The van der Waals surface area contributed by atoms with Crippen molar-refractivity contribution in [2.24, 2.45) is 0 Å². The van der Waals surface area contributed by atoms with E-state index < -0.39 is 0 Å². The van der Waals surface area contributed by atoms with Crippen LogP contribution >= 0.6 is 11.6 Å². The van der Waals surface area contributed by atoms with Gasteiger partial charge in [-0.1, -0.05) is 35.9 Å². The number of fused-ring (bicyclic) bond motifs is 2. The highest BCUT2D eigenvalue weighted by Gasteiger charge is 2.12. The van der Waals surface area contributed by atoms with Gasteiger partial charge in [0.2, 0.25) is 0 Å². The maximum Gasteiger partial charge on any atom is 0.158 e. The second-order valence-electron chi connectivity index (χ2n) is 7.34. The van der Waals surface area contributed by atoms with Crippen LogP contribution in [0.1, 0.15) is 31.0 Å². The summed E-state index contributed by atoms with van der Waals surface area (Å²) in [6.07, 6.45) is 0. The molecular weight excluding hydrogens is 370 g/mol. The number of hydrogen-bond donors (Lipinski definition) is 1. The van der Waals surface area contributed by atoms with Gasteiger partial charge in [-0.2, -0.15) is 5.10 Å². The zero-order valence-electron chi connectivity index (χ0n) is 16.4. The first-order chi connectivity index (χ1) is 13.5. The molecule has 1 aromatic heterocycles. The van der Waals surface area contributed by atoms with E-state index in [9.17, 15) is 0 Å². The molecule has 0 fully saturated rings. The summed E-state index contributed by atoms with van der Waals surface area (Å²) in [5.41, 5.74) is 3.39. The maximum absolute atomic E-state index is 6.33. The molecule has 1 heterocycles. The second kappa shape index (κ2) is 7.82. The Balaban J connectivity index is 1.53. The Morgan fingerprint density at radius 3 is 2.54 bits per heavy atom. The first-order valence-electron chi connectivity index (χ1n) is 9.52. The van der Waals surface area contributed by atoms with Gasteiger partial charge in [0.15, 0.2) is 5.15 Å². The quantitative estimate of drug-likeness (QED) is 0.455. The minimum atomic E-state index is 0.267. The third-order valence-electron chi connectivity index (χ3n) is 4.88. The maximum atomic E-state index is 6.33. The Bertz CT molecular complexity index is 1130. The average molecular weight is 394 g/mol.